The largest absolute Gasteiger partial charge is 0.444 e. The summed E-state index contributed by atoms with van der Waals surface area (Å²) in [4.78, 5) is 79.2. The predicted molar refractivity (Wildman–Crippen MR) is 176 cm³/mol. The summed E-state index contributed by atoms with van der Waals surface area (Å²) in [7, 11) is 0. The quantitative estimate of drug-likeness (QED) is 0.212. The SMILES string of the molecule is CC(C)(C)OC(=O)N1CCN(C(=O)CCCn2cc(COCCOCCNc3cccc4c3C(=O)N(C3CCC(=O)NC3=O)C4=O)nn2)CC1. The van der Waals surface area contributed by atoms with Gasteiger partial charge < -0.3 is 29.3 Å². The third-order valence-electron chi connectivity index (χ3n) is 8.30. The first-order valence-electron chi connectivity index (χ1n) is 16.8. The van der Waals surface area contributed by atoms with Crippen LogP contribution in [0.15, 0.2) is 24.4 Å². The van der Waals surface area contributed by atoms with Gasteiger partial charge >= 0.3 is 6.09 Å². The van der Waals surface area contributed by atoms with Crippen molar-refractivity contribution in [3.63, 3.8) is 0 Å². The van der Waals surface area contributed by atoms with Crippen LogP contribution in [0.2, 0.25) is 0 Å². The number of rotatable bonds is 14. The molecule has 1 aromatic heterocycles. The number of nitrogens with one attached hydrogen (secondary N) is 2. The van der Waals surface area contributed by atoms with Crippen LogP contribution in [0.5, 0.6) is 0 Å². The first-order chi connectivity index (χ1) is 23.9. The summed E-state index contributed by atoms with van der Waals surface area (Å²) in [6, 6.07) is 3.86. The minimum Gasteiger partial charge on any atom is -0.444 e. The molecule has 6 amide bonds. The number of imide groups is 2. The Hall–Kier alpha value is -4.90. The van der Waals surface area contributed by atoms with Crippen LogP contribution in [0.4, 0.5) is 10.5 Å². The van der Waals surface area contributed by atoms with Crippen LogP contribution in [0.25, 0.3) is 0 Å². The van der Waals surface area contributed by atoms with Crippen LogP contribution in [0.3, 0.4) is 0 Å². The molecule has 0 spiro atoms. The lowest BCUT2D eigenvalue weighted by molar-refractivity contribution is -0.136. The van der Waals surface area contributed by atoms with Crippen molar-refractivity contribution >= 4 is 41.3 Å². The monoisotopic (exact) mass is 696 g/mol. The minimum atomic E-state index is -1.02. The molecular formula is C33H44N8O9. The Morgan fingerprint density at radius 2 is 1.72 bits per heavy atom. The second-order valence-electron chi connectivity index (χ2n) is 13.2. The molecule has 1 aromatic carbocycles. The van der Waals surface area contributed by atoms with E-state index in [0.717, 1.165) is 4.90 Å². The predicted octanol–water partition coefficient (Wildman–Crippen LogP) is 1.18. The van der Waals surface area contributed by atoms with Crippen LogP contribution in [0, 0.1) is 0 Å². The lowest BCUT2D eigenvalue weighted by atomic mass is 10.0. The molecular weight excluding hydrogens is 652 g/mol. The highest BCUT2D eigenvalue weighted by Crippen LogP contribution is 2.32. The Balaban J connectivity index is 0.934. The number of ether oxygens (including phenoxy) is 3. The fourth-order valence-corrected chi connectivity index (χ4v) is 5.85. The molecule has 0 bridgehead atoms. The molecule has 2 saturated heterocycles. The lowest BCUT2D eigenvalue weighted by Gasteiger charge is -2.35. The van der Waals surface area contributed by atoms with E-state index in [4.69, 9.17) is 14.2 Å². The van der Waals surface area contributed by atoms with Crippen molar-refractivity contribution in [3.8, 4) is 0 Å². The molecule has 17 nitrogen and oxygen atoms in total. The summed E-state index contributed by atoms with van der Waals surface area (Å²) in [6.07, 6.45) is 2.54. The highest BCUT2D eigenvalue weighted by molar-refractivity contribution is 6.25. The Bertz CT molecular complexity index is 1600. The van der Waals surface area contributed by atoms with Gasteiger partial charge in [-0.05, 0) is 45.7 Å². The van der Waals surface area contributed by atoms with Crippen molar-refractivity contribution < 1.29 is 43.0 Å². The number of piperazine rings is 1. The number of nitrogens with zero attached hydrogens (tertiary/aromatic N) is 6. The molecule has 50 heavy (non-hydrogen) atoms. The second kappa shape index (κ2) is 16.2. The van der Waals surface area contributed by atoms with Crippen molar-refractivity contribution in [1.82, 2.24) is 35.0 Å². The molecule has 2 aromatic rings. The molecule has 1 unspecified atom stereocenters. The summed E-state index contributed by atoms with van der Waals surface area (Å²) in [5, 5.41) is 13.5. The number of hydrogen-bond acceptors (Lipinski definition) is 12. The topological polar surface area (TPSA) is 195 Å². The average molecular weight is 697 g/mol. The van der Waals surface area contributed by atoms with Crippen LogP contribution < -0.4 is 10.6 Å². The van der Waals surface area contributed by atoms with Gasteiger partial charge in [0, 0.05) is 57.8 Å². The first kappa shape index (κ1) is 36.4. The van der Waals surface area contributed by atoms with Gasteiger partial charge in [-0.1, -0.05) is 11.3 Å². The molecule has 0 radical (unpaired) electrons. The van der Waals surface area contributed by atoms with Crippen molar-refractivity contribution in [1.29, 1.82) is 0 Å². The van der Waals surface area contributed by atoms with E-state index in [0.29, 0.717) is 83.3 Å². The fraction of sp³-hybridized carbons (Fsp3) is 0.576. The van der Waals surface area contributed by atoms with E-state index in [-0.39, 0.29) is 42.6 Å². The van der Waals surface area contributed by atoms with Crippen molar-refractivity contribution in [3.05, 3.63) is 41.2 Å². The molecule has 270 valence electrons. The van der Waals surface area contributed by atoms with Gasteiger partial charge in [-0.15, -0.1) is 5.10 Å². The van der Waals surface area contributed by atoms with Crippen molar-refractivity contribution in [2.75, 3.05) is 57.9 Å². The molecule has 0 aliphatic carbocycles. The van der Waals surface area contributed by atoms with E-state index in [1.807, 2.05) is 20.8 Å². The molecule has 5 rings (SSSR count). The number of hydrogen-bond donors (Lipinski definition) is 2. The number of piperidine rings is 1. The maximum Gasteiger partial charge on any atom is 0.410 e. The number of amides is 6. The summed E-state index contributed by atoms with van der Waals surface area (Å²) in [6.45, 7) is 9.42. The number of anilines is 1. The zero-order valence-corrected chi connectivity index (χ0v) is 28.6. The highest BCUT2D eigenvalue weighted by Gasteiger charge is 2.45. The zero-order valence-electron chi connectivity index (χ0n) is 28.6. The third kappa shape index (κ3) is 9.20. The first-order valence-corrected chi connectivity index (χ1v) is 16.8. The van der Waals surface area contributed by atoms with E-state index in [1.54, 1.807) is 38.9 Å². The van der Waals surface area contributed by atoms with Gasteiger partial charge in [-0.3, -0.25) is 38.9 Å². The number of aryl methyl sites for hydroxylation is 1. The second-order valence-corrected chi connectivity index (χ2v) is 13.2. The molecule has 17 heteroatoms. The summed E-state index contributed by atoms with van der Waals surface area (Å²) >= 11 is 0. The highest BCUT2D eigenvalue weighted by atomic mass is 16.6. The van der Waals surface area contributed by atoms with Gasteiger partial charge in [-0.25, -0.2) is 4.79 Å². The lowest BCUT2D eigenvalue weighted by Crippen LogP contribution is -2.54. The Morgan fingerprint density at radius 3 is 2.46 bits per heavy atom. The van der Waals surface area contributed by atoms with Crippen LogP contribution in [-0.4, -0.2) is 130 Å². The summed E-state index contributed by atoms with van der Waals surface area (Å²) < 4.78 is 18.4. The molecule has 0 saturated carbocycles. The molecule has 1 atom stereocenters. The Kier molecular flexibility index (Phi) is 11.8. The minimum absolute atomic E-state index is 0.0420. The van der Waals surface area contributed by atoms with Gasteiger partial charge in [0.1, 0.15) is 17.3 Å². The van der Waals surface area contributed by atoms with Crippen molar-refractivity contribution in [2.24, 2.45) is 0 Å². The zero-order chi connectivity index (χ0) is 35.8. The van der Waals surface area contributed by atoms with Crippen LogP contribution in [-0.2, 0) is 41.7 Å². The van der Waals surface area contributed by atoms with Gasteiger partial charge in [0.25, 0.3) is 11.8 Å². The Labute approximate surface area is 289 Å². The van der Waals surface area contributed by atoms with Crippen LogP contribution >= 0.6 is 0 Å². The van der Waals surface area contributed by atoms with E-state index in [9.17, 15) is 28.8 Å². The summed E-state index contributed by atoms with van der Waals surface area (Å²) in [5.41, 5.74) is 0.957. The van der Waals surface area contributed by atoms with Crippen LogP contribution in [0.1, 0.15) is 72.9 Å². The fourth-order valence-electron chi connectivity index (χ4n) is 5.85. The van der Waals surface area contributed by atoms with Gasteiger partial charge in [0.15, 0.2) is 0 Å². The molecule has 3 aliphatic heterocycles. The Morgan fingerprint density at radius 1 is 0.980 bits per heavy atom. The maximum absolute atomic E-state index is 13.2. The normalized spacial score (nSPS) is 18.0. The van der Waals surface area contributed by atoms with Gasteiger partial charge in [0.05, 0.1) is 43.8 Å². The average Bonchev–Trinajstić information content (AvgIpc) is 3.63. The number of carbonyl (C=O) groups is 6. The molecule has 2 N–H and O–H groups in total. The van der Waals surface area contributed by atoms with Gasteiger partial charge in [-0.2, -0.15) is 0 Å². The standard InChI is InChI=1S/C33H44N8O9/c1-33(2,3)50-32(47)39-15-13-38(14-16-39)27(43)8-5-12-40-20-22(36-37-40)21-49-19-18-48-17-11-34-24-7-4-6-23-28(24)31(46)41(30(23)45)25-9-10-26(42)35-29(25)44/h4,6-7,20,25,34H,5,8-19,21H2,1-3H3,(H,35,42,44). The number of aromatic nitrogens is 3. The molecule has 4 heterocycles. The molecule has 2 fully saturated rings. The number of carbonyl (C=O) groups excluding carboxylic acids is 6. The molecule has 3 aliphatic rings. The maximum atomic E-state index is 13.2. The smallest absolute Gasteiger partial charge is 0.410 e. The van der Waals surface area contributed by atoms with E-state index >= 15 is 0 Å². The number of fused-ring (bicyclic) bond motifs is 1. The van der Waals surface area contributed by atoms with E-state index in [2.05, 4.69) is 20.9 Å². The number of benzene rings is 1. The van der Waals surface area contributed by atoms with E-state index in [1.165, 1.54) is 0 Å². The third-order valence-corrected chi connectivity index (χ3v) is 8.30. The summed E-state index contributed by atoms with van der Waals surface area (Å²) in [5.74, 6) is -2.17. The van der Waals surface area contributed by atoms with Gasteiger partial charge in [0.2, 0.25) is 17.7 Å². The van der Waals surface area contributed by atoms with Crippen molar-refractivity contribution in [2.45, 2.75) is 71.2 Å². The van der Waals surface area contributed by atoms with E-state index < -0.39 is 35.3 Å².